The van der Waals surface area contributed by atoms with Crippen molar-refractivity contribution in [1.82, 2.24) is 15.1 Å². The lowest BCUT2D eigenvalue weighted by molar-refractivity contribution is 0.0861. The van der Waals surface area contributed by atoms with E-state index in [-0.39, 0.29) is 24.5 Å². The van der Waals surface area contributed by atoms with Gasteiger partial charge in [0.2, 0.25) is 0 Å². The molecule has 2 fully saturated rings. The summed E-state index contributed by atoms with van der Waals surface area (Å²) in [5.41, 5.74) is 1.39. The quantitative estimate of drug-likeness (QED) is 0.850. The van der Waals surface area contributed by atoms with E-state index in [2.05, 4.69) is 10.4 Å². The molecule has 4 unspecified atom stereocenters. The number of rotatable bonds is 3. The first-order valence-electron chi connectivity index (χ1n) is 7.02. The zero-order valence-corrected chi connectivity index (χ0v) is 11.5. The van der Waals surface area contributed by atoms with Crippen LogP contribution in [0, 0.1) is 24.7 Å². The Morgan fingerprint density at radius 2 is 2.26 bits per heavy atom. The molecule has 2 N–H and O–H groups in total. The molecule has 19 heavy (non-hydrogen) atoms. The Morgan fingerprint density at radius 3 is 2.89 bits per heavy atom. The summed E-state index contributed by atoms with van der Waals surface area (Å²) in [4.78, 5) is 12.3. The van der Waals surface area contributed by atoms with Crippen molar-refractivity contribution in [3.63, 3.8) is 0 Å². The molecule has 0 aliphatic heterocycles. The van der Waals surface area contributed by atoms with Crippen LogP contribution in [0.1, 0.15) is 35.3 Å². The number of nitrogens with one attached hydrogen (secondary N) is 1. The number of carbonyl (C=O) groups is 1. The Hall–Kier alpha value is -1.36. The Morgan fingerprint density at radius 1 is 1.53 bits per heavy atom. The van der Waals surface area contributed by atoms with Gasteiger partial charge >= 0.3 is 0 Å². The smallest absolute Gasteiger partial charge is 0.254 e. The second-order valence-electron chi connectivity index (χ2n) is 5.98. The van der Waals surface area contributed by atoms with Crippen molar-refractivity contribution in [3.05, 3.63) is 17.5 Å². The SMILES string of the molecule is Cc1nn(C)cc1C(=O)NC1C2CCC(C2)C1CO. The predicted octanol–water partition coefficient (Wildman–Crippen LogP) is 0.865. The molecule has 5 heteroatoms. The molecular weight excluding hydrogens is 242 g/mol. The van der Waals surface area contributed by atoms with Gasteiger partial charge in [-0.15, -0.1) is 0 Å². The zero-order valence-electron chi connectivity index (χ0n) is 11.5. The summed E-state index contributed by atoms with van der Waals surface area (Å²) >= 11 is 0. The summed E-state index contributed by atoms with van der Waals surface area (Å²) in [5, 5.41) is 16.9. The molecule has 0 aromatic carbocycles. The number of aliphatic hydroxyl groups is 1. The number of aromatic nitrogens is 2. The highest BCUT2D eigenvalue weighted by molar-refractivity contribution is 5.95. The minimum absolute atomic E-state index is 0.0541. The third kappa shape index (κ3) is 2.06. The molecule has 1 aromatic rings. The highest BCUT2D eigenvalue weighted by Gasteiger charge is 2.47. The predicted molar refractivity (Wildman–Crippen MR) is 70.6 cm³/mol. The molecule has 0 saturated heterocycles. The topological polar surface area (TPSA) is 67.2 Å². The third-order valence-electron chi connectivity index (χ3n) is 4.86. The van der Waals surface area contributed by atoms with Crippen LogP contribution in [0.25, 0.3) is 0 Å². The fraction of sp³-hybridized carbons (Fsp3) is 0.714. The third-order valence-corrected chi connectivity index (χ3v) is 4.86. The molecule has 104 valence electrons. The van der Waals surface area contributed by atoms with E-state index in [4.69, 9.17) is 0 Å². The summed E-state index contributed by atoms with van der Waals surface area (Å²) in [6, 6.07) is 0.135. The van der Waals surface area contributed by atoms with E-state index in [9.17, 15) is 9.90 Å². The van der Waals surface area contributed by atoms with Crippen molar-refractivity contribution in [3.8, 4) is 0 Å². The molecule has 2 aliphatic carbocycles. The van der Waals surface area contributed by atoms with Crippen LogP contribution in [0.5, 0.6) is 0 Å². The summed E-state index contributed by atoms with van der Waals surface area (Å²) in [6.07, 6.45) is 5.29. The molecule has 3 rings (SSSR count). The van der Waals surface area contributed by atoms with E-state index in [1.165, 1.54) is 12.8 Å². The van der Waals surface area contributed by atoms with Gasteiger partial charge in [0.25, 0.3) is 5.91 Å². The van der Waals surface area contributed by atoms with Crippen molar-refractivity contribution in [2.45, 2.75) is 32.2 Å². The highest BCUT2D eigenvalue weighted by Crippen LogP contribution is 2.48. The number of hydrogen-bond donors (Lipinski definition) is 2. The van der Waals surface area contributed by atoms with Crippen molar-refractivity contribution >= 4 is 5.91 Å². The van der Waals surface area contributed by atoms with Gasteiger partial charge in [0.05, 0.1) is 11.3 Å². The average Bonchev–Trinajstić information content (AvgIpc) is 3.03. The van der Waals surface area contributed by atoms with Crippen LogP contribution in [0.4, 0.5) is 0 Å². The molecule has 4 atom stereocenters. The van der Waals surface area contributed by atoms with Crippen LogP contribution in [-0.4, -0.2) is 33.4 Å². The first-order valence-corrected chi connectivity index (χ1v) is 7.02. The number of fused-ring (bicyclic) bond motifs is 2. The lowest BCUT2D eigenvalue weighted by Gasteiger charge is -2.30. The summed E-state index contributed by atoms with van der Waals surface area (Å²) in [5.74, 6) is 1.32. The fourth-order valence-corrected chi connectivity index (χ4v) is 3.95. The molecule has 1 aromatic heterocycles. The van der Waals surface area contributed by atoms with E-state index >= 15 is 0 Å². The van der Waals surface area contributed by atoms with Gasteiger partial charge in [-0.2, -0.15) is 5.10 Å². The van der Waals surface area contributed by atoms with Crippen molar-refractivity contribution < 1.29 is 9.90 Å². The molecule has 2 aliphatic rings. The zero-order chi connectivity index (χ0) is 13.6. The molecular formula is C14H21N3O2. The molecule has 0 spiro atoms. The molecule has 0 radical (unpaired) electrons. The number of aryl methyl sites for hydroxylation is 2. The Kier molecular flexibility index (Phi) is 3.09. The van der Waals surface area contributed by atoms with Gasteiger partial charge in [-0.05, 0) is 38.0 Å². The van der Waals surface area contributed by atoms with Gasteiger partial charge in [-0.1, -0.05) is 0 Å². The van der Waals surface area contributed by atoms with Gasteiger partial charge < -0.3 is 10.4 Å². The van der Waals surface area contributed by atoms with Crippen LogP contribution >= 0.6 is 0 Å². The second kappa shape index (κ2) is 4.63. The van der Waals surface area contributed by atoms with Crippen LogP contribution in [-0.2, 0) is 7.05 Å². The number of carbonyl (C=O) groups excluding carboxylic acids is 1. The molecule has 5 nitrogen and oxygen atoms in total. The van der Waals surface area contributed by atoms with Gasteiger partial charge in [0.15, 0.2) is 0 Å². The highest BCUT2D eigenvalue weighted by atomic mass is 16.3. The molecule has 1 amide bonds. The number of hydrogen-bond acceptors (Lipinski definition) is 3. The lowest BCUT2D eigenvalue weighted by atomic mass is 9.85. The van der Waals surface area contributed by atoms with Gasteiger partial charge in [-0.25, -0.2) is 0 Å². The summed E-state index contributed by atoms with van der Waals surface area (Å²) < 4.78 is 1.66. The summed E-state index contributed by atoms with van der Waals surface area (Å²) in [6.45, 7) is 2.03. The van der Waals surface area contributed by atoms with E-state index in [0.29, 0.717) is 17.4 Å². The largest absolute Gasteiger partial charge is 0.396 e. The van der Waals surface area contributed by atoms with Crippen molar-refractivity contribution in [2.24, 2.45) is 24.8 Å². The van der Waals surface area contributed by atoms with Gasteiger partial charge in [-0.3, -0.25) is 9.48 Å². The molecule has 2 bridgehead atoms. The van der Waals surface area contributed by atoms with Gasteiger partial charge in [0.1, 0.15) is 0 Å². The minimum Gasteiger partial charge on any atom is -0.396 e. The van der Waals surface area contributed by atoms with Gasteiger partial charge in [0, 0.05) is 31.8 Å². The fourth-order valence-electron chi connectivity index (χ4n) is 3.95. The maximum atomic E-state index is 12.3. The van der Waals surface area contributed by atoms with E-state index in [1.807, 2.05) is 14.0 Å². The maximum Gasteiger partial charge on any atom is 0.254 e. The maximum absolute atomic E-state index is 12.3. The van der Waals surface area contributed by atoms with Crippen LogP contribution < -0.4 is 5.32 Å². The van der Waals surface area contributed by atoms with Crippen molar-refractivity contribution in [2.75, 3.05) is 6.61 Å². The monoisotopic (exact) mass is 263 g/mol. The van der Waals surface area contributed by atoms with Crippen LogP contribution in [0.3, 0.4) is 0 Å². The lowest BCUT2D eigenvalue weighted by Crippen LogP contribution is -2.45. The minimum atomic E-state index is -0.0541. The summed E-state index contributed by atoms with van der Waals surface area (Å²) in [7, 11) is 1.82. The standard InChI is InChI=1S/C14H21N3O2/c1-8-11(6-17(2)16-8)14(19)15-13-10-4-3-9(5-10)12(13)7-18/h6,9-10,12-13,18H,3-5,7H2,1-2H3,(H,15,19). The molecule has 1 heterocycles. The Labute approximate surface area is 113 Å². The first-order chi connectivity index (χ1) is 9.10. The second-order valence-corrected chi connectivity index (χ2v) is 5.98. The number of nitrogens with zero attached hydrogens (tertiary/aromatic N) is 2. The van der Waals surface area contributed by atoms with Crippen LogP contribution in [0.2, 0.25) is 0 Å². The molecule has 2 saturated carbocycles. The van der Waals surface area contributed by atoms with E-state index in [0.717, 1.165) is 12.1 Å². The average molecular weight is 263 g/mol. The Balaban J connectivity index is 1.74. The van der Waals surface area contributed by atoms with Crippen LogP contribution in [0.15, 0.2) is 6.20 Å². The van der Waals surface area contributed by atoms with E-state index < -0.39 is 0 Å². The van der Waals surface area contributed by atoms with E-state index in [1.54, 1.807) is 10.9 Å². The van der Waals surface area contributed by atoms with Crippen molar-refractivity contribution in [1.29, 1.82) is 0 Å². The first kappa shape index (κ1) is 12.7. The number of aliphatic hydroxyl groups excluding tert-OH is 1. The Bertz CT molecular complexity index is 497. The number of amides is 1. The normalized spacial score (nSPS) is 32.8.